The van der Waals surface area contributed by atoms with Crippen molar-refractivity contribution in [2.75, 3.05) is 31.2 Å². The Hall–Kier alpha value is -3.52. The van der Waals surface area contributed by atoms with Gasteiger partial charge >= 0.3 is 6.03 Å². The molecule has 1 aromatic carbocycles. The summed E-state index contributed by atoms with van der Waals surface area (Å²) in [6, 6.07) is 9.39. The van der Waals surface area contributed by atoms with Gasteiger partial charge in [-0.1, -0.05) is 0 Å². The summed E-state index contributed by atoms with van der Waals surface area (Å²) in [6.45, 7) is 2.16. The summed E-state index contributed by atoms with van der Waals surface area (Å²) in [5, 5.41) is 2.58. The van der Waals surface area contributed by atoms with E-state index in [2.05, 4.69) is 10.3 Å². The van der Waals surface area contributed by atoms with Crippen molar-refractivity contribution >= 4 is 29.6 Å². The van der Waals surface area contributed by atoms with E-state index in [1.54, 1.807) is 59.8 Å². The molecule has 0 spiro atoms. The summed E-state index contributed by atoms with van der Waals surface area (Å²) in [7, 11) is 0. The van der Waals surface area contributed by atoms with Crippen LogP contribution in [0.3, 0.4) is 0 Å². The maximum absolute atomic E-state index is 12.7. The molecule has 2 fully saturated rings. The maximum atomic E-state index is 12.7. The highest BCUT2D eigenvalue weighted by molar-refractivity contribution is 6.28. The maximum Gasteiger partial charge on any atom is 0.333 e. The van der Waals surface area contributed by atoms with Gasteiger partial charge in [-0.15, -0.1) is 0 Å². The number of anilines is 1. The number of hydrogen-bond donors (Lipinski definition) is 1. The number of benzene rings is 1. The zero-order valence-corrected chi connectivity index (χ0v) is 15.0. The molecule has 0 unspecified atom stereocenters. The van der Waals surface area contributed by atoms with Crippen LogP contribution in [0.2, 0.25) is 0 Å². The molecule has 0 bridgehead atoms. The number of nitrogens with one attached hydrogen (secondary N) is 1. The fourth-order valence-corrected chi connectivity index (χ4v) is 3.10. The van der Waals surface area contributed by atoms with Crippen molar-refractivity contribution in [3.63, 3.8) is 0 Å². The molecule has 2 aliphatic heterocycles. The first-order chi connectivity index (χ1) is 13.6. The van der Waals surface area contributed by atoms with E-state index >= 15 is 0 Å². The lowest BCUT2D eigenvalue weighted by Gasteiger charge is -2.27. The van der Waals surface area contributed by atoms with Crippen molar-refractivity contribution in [1.82, 2.24) is 15.2 Å². The molecule has 2 aromatic rings. The summed E-state index contributed by atoms with van der Waals surface area (Å²) in [6.07, 6.45) is 4.81. The standard InChI is InChI=1S/C20H18N4O4/c25-18(23-9-11-28-12-10-23)15-1-3-16(4-2-15)24-19(26)17(22-20(24)27)13-14-5-7-21-8-6-14/h1-8,13H,9-12H2,(H,22,27)/b17-13-. The number of pyridine rings is 1. The number of aromatic nitrogens is 1. The van der Waals surface area contributed by atoms with Crippen molar-refractivity contribution in [2.24, 2.45) is 0 Å². The van der Waals surface area contributed by atoms with Gasteiger partial charge in [0.15, 0.2) is 0 Å². The Morgan fingerprint density at radius 3 is 2.39 bits per heavy atom. The third-order valence-electron chi connectivity index (χ3n) is 4.57. The Morgan fingerprint density at radius 2 is 1.71 bits per heavy atom. The minimum Gasteiger partial charge on any atom is -0.378 e. The first-order valence-corrected chi connectivity index (χ1v) is 8.88. The Labute approximate surface area is 161 Å². The molecule has 142 valence electrons. The molecule has 0 radical (unpaired) electrons. The smallest absolute Gasteiger partial charge is 0.333 e. The van der Waals surface area contributed by atoms with Crippen LogP contribution in [-0.2, 0) is 9.53 Å². The zero-order valence-electron chi connectivity index (χ0n) is 15.0. The minimum atomic E-state index is -0.530. The van der Waals surface area contributed by atoms with Crippen molar-refractivity contribution in [2.45, 2.75) is 0 Å². The average Bonchev–Trinajstić information content (AvgIpc) is 3.02. The molecule has 1 N–H and O–H groups in total. The van der Waals surface area contributed by atoms with Crippen LogP contribution < -0.4 is 10.2 Å². The van der Waals surface area contributed by atoms with Crippen molar-refractivity contribution in [1.29, 1.82) is 0 Å². The fourth-order valence-electron chi connectivity index (χ4n) is 3.10. The van der Waals surface area contributed by atoms with E-state index in [1.165, 1.54) is 0 Å². The molecule has 8 nitrogen and oxygen atoms in total. The second-order valence-corrected chi connectivity index (χ2v) is 6.36. The highest BCUT2D eigenvalue weighted by Crippen LogP contribution is 2.23. The van der Waals surface area contributed by atoms with Crippen LogP contribution in [0.4, 0.5) is 10.5 Å². The van der Waals surface area contributed by atoms with Gasteiger partial charge in [-0.3, -0.25) is 14.6 Å². The fraction of sp³-hybridized carbons (Fsp3) is 0.200. The predicted molar refractivity (Wildman–Crippen MR) is 101 cm³/mol. The summed E-state index contributed by atoms with van der Waals surface area (Å²) in [4.78, 5) is 44.2. The lowest BCUT2D eigenvalue weighted by atomic mass is 10.1. The van der Waals surface area contributed by atoms with Gasteiger partial charge in [0, 0.05) is 31.0 Å². The van der Waals surface area contributed by atoms with Gasteiger partial charge < -0.3 is 15.0 Å². The van der Waals surface area contributed by atoms with Crippen molar-refractivity contribution in [3.05, 3.63) is 65.6 Å². The third kappa shape index (κ3) is 3.49. The lowest BCUT2D eigenvalue weighted by molar-refractivity contribution is -0.113. The van der Waals surface area contributed by atoms with Gasteiger partial charge in [0.1, 0.15) is 5.70 Å². The van der Waals surface area contributed by atoms with E-state index < -0.39 is 11.9 Å². The van der Waals surface area contributed by atoms with Gasteiger partial charge in [-0.25, -0.2) is 9.69 Å². The Balaban J connectivity index is 1.52. The summed E-state index contributed by atoms with van der Waals surface area (Å²) >= 11 is 0. The highest BCUT2D eigenvalue weighted by Gasteiger charge is 2.35. The van der Waals surface area contributed by atoms with Gasteiger partial charge in [0.05, 0.1) is 18.9 Å². The largest absolute Gasteiger partial charge is 0.378 e. The zero-order chi connectivity index (χ0) is 19.5. The van der Waals surface area contributed by atoms with Crippen molar-refractivity contribution in [3.8, 4) is 0 Å². The van der Waals surface area contributed by atoms with Crippen LogP contribution in [0.5, 0.6) is 0 Å². The molecule has 0 aliphatic carbocycles. The Morgan fingerprint density at radius 1 is 1.04 bits per heavy atom. The molecule has 0 saturated carbocycles. The second-order valence-electron chi connectivity index (χ2n) is 6.36. The quantitative estimate of drug-likeness (QED) is 0.648. The number of ether oxygens (including phenoxy) is 1. The third-order valence-corrected chi connectivity index (χ3v) is 4.57. The first kappa shape index (κ1) is 17.9. The molecule has 1 aromatic heterocycles. The minimum absolute atomic E-state index is 0.0923. The number of amides is 4. The Bertz CT molecular complexity index is 934. The number of rotatable bonds is 3. The van der Waals surface area contributed by atoms with Gasteiger partial charge in [0.2, 0.25) is 0 Å². The Kier molecular flexibility index (Phi) is 4.86. The number of carbonyl (C=O) groups is 3. The highest BCUT2D eigenvalue weighted by atomic mass is 16.5. The number of hydrogen-bond acceptors (Lipinski definition) is 5. The number of imide groups is 1. The SMILES string of the molecule is O=C(c1ccc(N2C(=O)N/C(=C\c3ccncc3)C2=O)cc1)N1CCOCC1. The number of urea groups is 1. The van der Waals surface area contributed by atoms with E-state index in [0.717, 1.165) is 10.5 Å². The first-order valence-electron chi connectivity index (χ1n) is 8.88. The van der Waals surface area contributed by atoms with Crippen LogP contribution >= 0.6 is 0 Å². The molecule has 2 saturated heterocycles. The van der Waals surface area contributed by atoms with Crippen LogP contribution in [-0.4, -0.2) is 54.0 Å². The van der Waals surface area contributed by atoms with Crippen LogP contribution in [0, 0.1) is 0 Å². The number of morpholine rings is 1. The summed E-state index contributed by atoms with van der Waals surface area (Å²) in [5.41, 5.74) is 1.85. The summed E-state index contributed by atoms with van der Waals surface area (Å²) < 4.78 is 5.26. The normalized spacial score (nSPS) is 18.5. The molecule has 28 heavy (non-hydrogen) atoms. The van der Waals surface area contributed by atoms with E-state index in [9.17, 15) is 14.4 Å². The molecule has 8 heteroatoms. The molecule has 3 heterocycles. The second kappa shape index (κ2) is 7.61. The van der Waals surface area contributed by atoms with Gasteiger partial charge in [-0.05, 0) is 48.0 Å². The topological polar surface area (TPSA) is 91.8 Å². The van der Waals surface area contributed by atoms with Crippen LogP contribution in [0.1, 0.15) is 15.9 Å². The van der Waals surface area contributed by atoms with Crippen LogP contribution in [0.15, 0.2) is 54.5 Å². The monoisotopic (exact) mass is 378 g/mol. The molecular formula is C20H18N4O4. The van der Waals surface area contributed by atoms with Crippen molar-refractivity contribution < 1.29 is 19.1 Å². The van der Waals surface area contributed by atoms with Gasteiger partial charge in [-0.2, -0.15) is 0 Å². The van der Waals surface area contributed by atoms with E-state index in [1.807, 2.05) is 0 Å². The molecule has 0 atom stereocenters. The van der Waals surface area contributed by atoms with E-state index in [0.29, 0.717) is 37.6 Å². The van der Waals surface area contributed by atoms with E-state index in [4.69, 9.17) is 4.74 Å². The van der Waals surface area contributed by atoms with Crippen LogP contribution in [0.25, 0.3) is 6.08 Å². The molecule has 2 aliphatic rings. The van der Waals surface area contributed by atoms with E-state index in [-0.39, 0.29) is 11.6 Å². The molecular weight excluding hydrogens is 360 g/mol. The molecule has 4 amide bonds. The lowest BCUT2D eigenvalue weighted by Crippen LogP contribution is -2.40. The average molecular weight is 378 g/mol. The molecule has 4 rings (SSSR count). The number of nitrogens with zero attached hydrogens (tertiary/aromatic N) is 3. The summed E-state index contributed by atoms with van der Waals surface area (Å²) in [5.74, 6) is -0.542. The predicted octanol–water partition coefficient (Wildman–Crippen LogP) is 1.65. The number of carbonyl (C=O) groups excluding carboxylic acids is 3. The van der Waals surface area contributed by atoms with Gasteiger partial charge in [0.25, 0.3) is 11.8 Å².